The predicted molar refractivity (Wildman–Crippen MR) is 86.4 cm³/mol. The Balaban J connectivity index is 1.95. The smallest absolute Gasteiger partial charge is 0.252 e. The molecule has 1 amide bonds. The molecule has 3 nitrogen and oxygen atoms in total. The molecule has 2 unspecified atom stereocenters. The second-order valence-electron chi connectivity index (χ2n) is 5.67. The second kappa shape index (κ2) is 8.21. The topological polar surface area (TPSA) is 49.3 Å². The minimum absolute atomic E-state index is 0.0141. The van der Waals surface area contributed by atoms with Crippen molar-refractivity contribution in [1.82, 2.24) is 5.32 Å². The van der Waals surface area contributed by atoms with Gasteiger partial charge in [-0.3, -0.25) is 4.79 Å². The molecule has 1 aliphatic carbocycles. The van der Waals surface area contributed by atoms with E-state index in [0.29, 0.717) is 23.9 Å². The van der Waals surface area contributed by atoms with Gasteiger partial charge < -0.3 is 10.4 Å². The molecule has 1 aromatic heterocycles. The third-order valence-electron chi connectivity index (χ3n) is 3.99. The molecular formula is C17H23NO2S. The Hall–Kier alpha value is -1.31. The van der Waals surface area contributed by atoms with Crippen LogP contribution in [0.1, 0.15) is 60.7 Å². The van der Waals surface area contributed by atoms with Gasteiger partial charge in [0.05, 0.1) is 17.0 Å². The molecule has 2 atom stereocenters. The molecule has 0 aromatic carbocycles. The molecule has 0 saturated heterocycles. The Labute approximate surface area is 130 Å². The number of aliphatic hydroxyl groups is 1. The molecular weight excluding hydrogens is 282 g/mol. The van der Waals surface area contributed by atoms with Crippen LogP contribution in [0.4, 0.5) is 0 Å². The summed E-state index contributed by atoms with van der Waals surface area (Å²) in [6.45, 7) is 2.31. The Morgan fingerprint density at radius 1 is 1.43 bits per heavy atom. The van der Waals surface area contributed by atoms with Crippen LogP contribution in [-0.2, 0) is 0 Å². The van der Waals surface area contributed by atoms with E-state index < -0.39 is 0 Å². The fraction of sp³-hybridized carbons (Fsp3) is 0.588. The molecule has 1 aromatic rings. The van der Waals surface area contributed by atoms with Crippen molar-refractivity contribution < 1.29 is 9.90 Å². The van der Waals surface area contributed by atoms with Gasteiger partial charge in [0.1, 0.15) is 0 Å². The lowest BCUT2D eigenvalue weighted by Gasteiger charge is -2.22. The van der Waals surface area contributed by atoms with Gasteiger partial charge in [-0.2, -0.15) is 0 Å². The number of aliphatic hydroxyl groups excluding tert-OH is 1. The fourth-order valence-electron chi connectivity index (χ4n) is 2.69. The molecule has 0 radical (unpaired) electrons. The largest absolute Gasteiger partial charge is 0.395 e. The van der Waals surface area contributed by atoms with Crippen LogP contribution in [0.5, 0.6) is 0 Å². The lowest BCUT2D eigenvalue weighted by Crippen LogP contribution is -2.38. The molecule has 2 rings (SSSR count). The number of carbonyl (C=O) groups excluding carboxylic acids is 1. The Morgan fingerprint density at radius 3 is 3.05 bits per heavy atom. The number of rotatable bonds is 3. The standard InChI is InChI=1S/C17H23NO2S/c1-13-7-3-2-4-9-16(13)18-17(20)14-11-15(21-12-14)8-5-6-10-19/h11-13,16,19H,2-4,6-7,9-10H2,1H3,(H,18,20). The van der Waals surface area contributed by atoms with Gasteiger partial charge in [0.15, 0.2) is 0 Å². The van der Waals surface area contributed by atoms with E-state index in [4.69, 9.17) is 5.11 Å². The molecule has 1 aliphatic rings. The van der Waals surface area contributed by atoms with Crippen LogP contribution >= 0.6 is 11.3 Å². The highest BCUT2D eigenvalue weighted by molar-refractivity contribution is 7.10. The summed E-state index contributed by atoms with van der Waals surface area (Å²) in [7, 11) is 0. The zero-order valence-electron chi connectivity index (χ0n) is 12.5. The van der Waals surface area contributed by atoms with Gasteiger partial charge in [0.2, 0.25) is 0 Å². The van der Waals surface area contributed by atoms with Crippen LogP contribution in [-0.4, -0.2) is 23.7 Å². The quantitative estimate of drug-likeness (QED) is 0.665. The normalized spacial score (nSPS) is 22.0. The van der Waals surface area contributed by atoms with Crippen LogP contribution in [0.25, 0.3) is 0 Å². The Morgan fingerprint density at radius 2 is 2.24 bits per heavy atom. The molecule has 0 aliphatic heterocycles. The summed E-state index contributed by atoms with van der Waals surface area (Å²) < 4.78 is 0. The first kappa shape index (κ1) is 16.1. The minimum atomic E-state index is 0.0141. The highest BCUT2D eigenvalue weighted by Gasteiger charge is 2.22. The molecule has 1 heterocycles. The monoisotopic (exact) mass is 305 g/mol. The first-order valence-corrected chi connectivity index (χ1v) is 8.58. The van der Waals surface area contributed by atoms with E-state index in [2.05, 4.69) is 24.1 Å². The van der Waals surface area contributed by atoms with Gasteiger partial charge in [-0.15, -0.1) is 11.3 Å². The van der Waals surface area contributed by atoms with Crippen molar-refractivity contribution >= 4 is 17.2 Å². The summed E-state index contributed by atoms with van der Waals surface area (Å²) in [5.74, 6) is 6.42. The van der Waals surface area contributed by atoms with Crippen molar-refractivity contribution in [3.05, 3.63) is 21.9 Å². The molecule has 2 N–H and O–H groups in total. The number of nitrogens with one attached hydrogen (secondary N) is 1. The van der Waals surface area contributed by atoms with Gasteiger partial charge in [0.25, 0.3) is 5.91 Å². The van der Waals surface area contributed by atoms with Gasteiger partial charge in [-0.25, -0.2) is 0 Å². The maximum absolute atomic E-state index is 12.3. The van der Waals surface area contributed by atoms with E-state index in [1.165, 1.54) is 37.0 Å². The average Bonchev–Trinajstić information content (AvgIpc) is 2.85. The van der Waals surface area contributed by atoms with Gasteiger partial charge in [-0.05, 0) is 24.8 Å². The fourth-order valence-corrected chi connectivity index (χ4v) is 3.44. The SMILES string of the molecule is CC1CCCCCC1NC(=O)c1csc(C#CCCO)c1. The lowest BCUT2D eigenvalue weighted by molar-refractivity contribution is 0.0922. The van der Waals surface area contributed by atoms with E-state index >= 15 is 0 Å². The third kappa shape index (κ3) is 4.87. The van der Waals surface area contributed by atoms with Crippen molar-refractivity contribution in [1.29, 1.82) is 0 Å². The lowest BCUT2D eigenvalue weighted by atomic mass is 9.97. The molecule has 1 fully saturated rings. The van der Waals surface area contributed by atoms with Crippen LogP contribution in [0, 0.1) is 17.8 Å². The summed E-state index contributed by atoms with van der Waals surface area (Å²) in [5, 5.41) is 13.8. The summed E-state index contributed by atoms with van der Waals surface area (Å²) in [5.41, 5.74) is 0.699. The van der Waals surface area contributed by atoms with Crippen molar-refractivity contribution in [3.63, 3.8) is 0 Å². The number of hydrogen-bond acceptors (Lipinski definition) is 3. The summed E-state index contributed by atoms with van der Waals surface area (Å²) in [4.78, 5) is 13.2. The van der Waals surface area contributed by atoms with Crippen molar-refractivity contribution in [2.24, 2.45) is 5.92 Å². The molecule has 0 bridgehead atoms. The summed E-state index contributed by atoms with van der Waals surface area (Å²) in [6.07, 6.45) is 6.51. The zero-order chi connectivity index (χ0) is 15.1. The predicted octanol–water partition coefficient (Wildman–Crippen LogP) is 3.18. The Bertz CT molecular complexity index is 526. The number of hydrogen-bond donors (Lipinski definition) is 2. The summed E-state index contributed by atoms with van der Waals surface area (Å²) in [6, 6.07) is 2.13. The van der Waals surface area contributed by atoms with Crippen LogP contribution < -0.4 is 5.32 Å². The maximum atomic E-state index is 12.3. The van der Waals surface area contributed by atoms with Crippen molar-refractivity contribution in [2.75, 3.05) is 6.61 Å². The van der Waals surface area contributed by atoms with Gasteiger partial charge in [-0.1, -0.05) is 38.0 Å². The molecule has 4 heteroatoms. The summed E-state index contributed by atoms with van der Waals surface area (Å²) >= 11 is 1.48. The molecule has 114 valence electrons. The van der Waals surface area contributed by atoms with E-state index in [1.807, 2.05) is 11.4 Å². The van der Waals surface area contributed by atoms with Gasteiger partial charge >= 0.3 is 0 Å². The highest BCUT2D eigenvalue weighted by atomic mass is 32.1. The van der Waals surface area contributed by atoms with Crippen molar-refractivity contribution in [3.8, 4) is 11.8 Å². The van der Waals surface area contributed by atoms with Gasteiger partial charge in [0, 0.05) is 17.8 Å². The van der Waals surface area contributed by atoms with Crippen LogP contribution in [0.15, 0.2) is 11.4 Å². The zero-order valence-corrected chi connectivity index (χ0v) is 13.3. The van der Waals surface area contributed by atoms with E-state index in [1.54, 1.807) is 0 Å². The van der Waals surface area contributed by atoms with E-state index in [-0.39, 0.29) is 12.5 Å². The minimum Gasteiger partial charge on any atom is -0.395 e. The van der Waals surface area contributed by atoms with Crippen LogP contribution in [0.2, 0.25) is 0 Å². The average molecular weight is 305 g/mol. The molecule has 21 heavy (non-hydrogen) atoms. The first-order valence-electron chi connectivity index (χ1n) is 7.70. The Kier molecular flexibility index (Phi) is 6.28. The molecule has 1 saturated carbocycles. The van der Waals surface area contributed by atoms with E-state index in [9.17, 15) is 4.79 Å². The second-order valence-corrected chi connectivity index (χ2v) is 6.58. The first-order chi connectivity index (χ1) is 10.2. The number of carbonyl (C=O) groups is 1. The molecule has 0 spiro atoms. The maximum Gasteiger partial charge on any atom is 0.252 e. The third-order valence-corrected chi connectivity index (χ3v) is 4.83. The van der Waals surface area contributed by atoms with E-state index in [0.717, 1.165) is 11.3 Å². The van der Waals surface area contributed by atoms with Crippen LogP contribution in [0.3, 0.4) is 0 Å². The van der Waals surface area contributed by atoms with Crippen molar-refractivity contribution in [2.45, 2.75) is 51.5 Å². The number of thiophene rings is 1. The number of amides is 1. The highest BCUT2D eigenvalue weighted by Crippen LogP contribution is 2.23.